The molecule has 0 bridgehead atoms. The lowest BCUT2D eigenvalue weighted by Crippen LogP contribution is -2.30. The van der Waals surface area contributed by atoms with Crippen LogP contribution in [-0.4, -0.2) is 55.6 Å². The highest BCUT2D eigenvalue weighted by molar-refractivity contribution is 7.89. The minimum Gasteiger partial charge on any atom is -0.449 e. The molecule has 0 aromatic heterocycles. The number of rotatable bonds is 8. The third-order valence-corrected chi connectivity index (χ3v) is 7.20. The van der Waals surface area contributed by atoms with Gasteiger partial charge in [0.25, 0.3) is 5.91 Å². The van der Waals surface area contributed by atoms with E-state index in [9.17, 15) is 27.6 Å². The number of carbonyl (C=O) groups excluding carboxylic acids is 4. The van der Waals surface area contributed by atoms with Gasteiger partial charge in [-0.3, -0.25) is 14.4 Å². The average molecular weight is 517 g/mol. The molecule has 36 heavy (non-hydrogen) atoms. The Morgan fingerprint density at radius 1 is 0.833 bits per heavy atom. The van der Waals surface area contributed by atoms with Crippen molar-refractivity contribution in [2.45, 2.75) is 44.6 Å². The molecular weight excluding hydrogens is 488 g/mol. The van der Waals surface area contributed by atoms with E-state index in [1.165, 1.54) is 67.5 Å². The van der Waals surface area contributed by atoms with Crippen molar-refractivity contribution in [3.63, 3.8) is 0 Å². The summed E-state index contributed by atoms with van der Waals surface area (Å²) in [5.41, 5.74) is 0.883. The molecule has 0 spiro atoms. The first kappa shape index (κ1) is 26.8. The zero-order valence-corrected chi connectivity index (χ0v) is 21.0. The van der Waals surface area contributed by atoms with Crippen LogP contribution in [0.25, 0.3) is 0 Å². The quantitative estimate of drug-likeness (QED) is 0.456. The number of nitrogens with zero attached hydrogens (tertiary/aromatic N) is 1. The molecule has 0 aliphatic carbocycles. The van der Waals surface area contributed by atoms with Gasteiger partial charge in [-0.15, -0.1) is 0 Å². The Balaban J connectivity index is 1.66. The summed E-state index contributed by atoms with van der Waals surface area (Å²) in [6.07, 6.45) is 0.464. The van der Waals surface area contributed by atoms with Crippen molar-refractivity contribution in [3.8, 4) is 0 Å². The zero-order valence-electron chi connectivity index (χ0n) is 20.2. The number of carbonyl (C=O) groups is 4. The van der Waals surface area contributed by atoms with Crippen molar-refractivity contribution < 1.29 is 32.3 Å². The zero-order chi connectivity index (χ0) is 26.5. The number of nitrogens with one attached hydrogen (secondary N) is 3. The fraction of sp³-hybridized carbons (Fsp3) is 0.333. The molecule has 2 aromatic carbocycles. The second kappa shape index (κ2) is 11.3. The molecule has 1 fully saturated rings. The lowest BCUT2D eigenvalue weighted by molar-refractivity contribution is -0.123. The van der Waals surface area contributed by atoms with Crippen LogP contribution < -0.4 is 16.0 Å². The third-order valence-electron chi connectivity index (χ3n) is 5.29. The number of sulfonamides is 1. The fourth-order valence-electron chi connectivity index (χ4n) is 3.61. The molecule has 0 unspecified atom stereocenters. The highest BCUT2D eigenvalue weighted by Crippen LogP contribution is 2.23. The first-order chi connectivity index (χ1) is 17.0. The highest BCUT2D eigenvalue weighted by Gasteiger charge is 2.27. The van der Waals surface area contributed by atoms with Gasteiger partial charge in [0.05, 0.1) is 10.5 Å². The predicted molar refractivity (Wildman–Crippen MR) is 133 cm³/mol. The van der Waals surface area contributed by atoms with Gasteiger partial charge in [0, 0.05) is 44.0 Å². The smallest absolute Gasteiger partial charge is 0.339 e. The maximum absolute atomic E-state index is 12.7. The maximum atomic E-state index is 12.7. The molecule has 1 heterocycles. The van der Waals surface area contributed by atoms with E-state index in [-0.39, 0.29) is 33.6 Å². The van der Waals surface area contributed by atoms with E-state index in [1.54, 1.807) is 0 Å². The molecule has 192 valence electrons. The minimum atomic E-state index is -3.57. The van der Waals surface area contributed by atoms with Crippen LogP contribution in [0.5, 0.6) is 0 Å². The van der Waals surface area contributed by atoms with Crippen molar-refractivity contribution >= 4 is 50.8 Å². The van der Waals surface area contributed by atoms with Crippen molar-refractivity contribution in [2.24, 2.45) is 0 Å². The Morgan fingerprint density at radius 2 is 1.36 bits per heavy atom. The third kappa shape index (κ3) is 6.89. The van der Waals surface area contributed by atoms with E-state index in [0.29, 0.717) is 18.8 Å². The van der Waals surface area contributed by atoms with E-state index in [2.05, 4.69) is 16.0 Å². The van der Waals surface area contributed by atoms with Crippen LogP contribution in [0.15, 0.2) is 47.4 Å². The average Bonchev–Trinajstić information content (AvgIpc) is 3.34. The van der Waals surface area contributed by atoms with Gasteiger partial charge in [0.2, 0.25) is 21.8 Å². The summed E-state index contributed by atoms with van der Waals surface area (Å²) in [5, 5.41) is 7.65. The molecule has 3 rings (SSSR count). The molecule has 1 aliphatic heterocycles. The predicted octanol–water partition coefficient (Wildman–Crippen LogP) is 2.57. The largest absolute Gasteiger partial charge is 0.449 e. The van der Waals surface area contributed by atoms with Crippen LogP contribution in [0.2, 0.25) is 0 Å². The Morgan fingerprint density at radius 3 is 1.86 bits per heavy atom. The second-order valence-electron chi connectivity index (χ2n) is 8.33. The number of hydrogen-bond acceptors (Lipinski definition) is 7. The number of benzene rings is 2. The van der Waals surface area contributed by atoms with E-state index >= 15 is 0 Å². The summed E-state index contributed by atoms with van der Waals surface area (Å²) in [7, 11) is -3.57. The molecular formula is C24H28N4O7S. The lowest BCUT2D eigenvalue weighted by Gasteiger charge is -2.17. The number of amides is 3. The van der Waals surface area contributed by atoms with Gasteiger partial charge < -0.3 is 20.7 Å². The molecule has 1 aliphatic rings. The van der Waals surface area contributed by atoms with E-state index < -0.39 is 28.0 Å². The van der Waals surface area contributed by atoms with Crippen LogP contribution in [-0.2, 0) is 29.1 Å². The fourth-order valence-corrected chi connectivity index (χ4v) is 5.13. The van der Waals surface area contributed by atoms with Gasteiger partial charge in [-0.1, -0.05) is 0 Å². The SMILES string of the molecule is CC(=O)Nc1cc(NC(C)=O)cc(C(=O)O[C@@H](C)C(=O)Nc2ccc(S(=O)(=O)N3CCCC3)cc2)c1. The second-order valence-corrected chi connectivity index (χ2v) is 10.3. The Kier molecular flexibility index (Phi) is 8.43. The van der Waals surface area contributed by atoms with E-state index in [1.807, 2.05) is 0 Å². The van der Waals surface area contributed by atoms with E-state index in [0.717, 1.165) is 12.8 Å². The van der Waals surface area contributed by atoms with Gasteiger partial charge in [-0.25, -0.2) is 13.2 Å². The standard InChI is InChI=1S/C24H28N4O7S/c1-15(35-24(32)18-12-20(25-16(2)29)14-21(13-18)26-17(3)30)23(31)27-19-6-8-22(9-7-19)36(33,34)28-10-4-5-11-28/h6-9,12-15H,4-5,10-11H2,1-3H3,(H,25,29)(H,26,30)(H,27,31)/t15-/m0/s1. The number of hydrogen-bond donors (Lipinski definition) is 3. The molecule has 3 N–H and O–H groups in total. The van der Waals surface area contributed by atoms with Crippen LogP contribution in [0.1, 0.15) is 44.0 Å². The first-order valence-electron chi connectivity index (χ1n) is 11.3. The normalized spacial score (nSPS) is 14.5. The van der Waals surface area contributed by atoms with Gasteiger partial charge in [0.15, 0.2) is 6.10 Å². The van der Waals surface area contributed by atoms with Crippen LogP contribution >= 0.6 is 0 Å². The molecule has 0 saturated carbocycles. The van der Waals surface area contributed by atoms with Crippen molar-refractivity contribution in [2.75, 3.05) is 29.0 Å². The van der Waals surface area contributed by atoms with Gasteiger partial charge in [-0.2, -0.15) is 4.31 Å². The topological polar surface area (TPSA) is 151 Å². The Labute approximate surface area is 209 Å². The highest BCUT2D eigenvalue weighted by atomic mass is 32.2. The summed E-state index contributed by atoms with van der Waals surface area (Å²) in [6, 6.07) is 9.95. The van der Waals surface area contributed by atoms with Gasteiger partial charge >= 0.3 is 5.97 Å². The van der Waals surface area contributed by atoms with Gasteiger partial charge in [-0.05, 0) is 62.2 Å². The molecule has 12 heteroatoms. The maximum Gasteiger partial charge on any atom is 0.339 e. The van der Waals surface area contributed by atoms with Gasteiger partial charge in [0.1, 0.15) is 0 Å². The van der Waals surface area contributed by atoms with Crippen LogP contribution in [0, 0.1) is 0 Å². The number of ether oxygens (including phenoxy) is 1. The van der Waals surface area contributed by atoms with Crippen LogP contribution in [0.4, 0.5) is 17.1 Å². The lowest BCUT2D eigenvalue weighted by atomic mass is 10.1. The molecule has 11 nitrogen and oxygen atoms in total. The summed E-state index contributed by atoms with van der Waals surface area (Å²) in [6.45, 7) is 4.95. The summed E-state index contributed by atoms with van der Waals surface area (Å²) in [5.74, 6) is -2.22. The monoisotopic (exact) mass is 516 g/mol. The van der Waals surface area contributed by atoms with Crippen molar-refractivity contribution in [1.29, 1.82) is 0 Å². The number of anilines is 3. The number of esters is 1. The van der Waals surface area contributed by atoms with Crippen LogP contribution in [0.3, 0.4) is 0 Å². The first-order valence-corrected chi connectivity index (χ1v) is 12.7. The summed E-state index contributed by atoms with van der Waals surface area (Å²) < 4.78 is 32.0. The van der Waals surface area contributed by atoms with E-state index in [4.69, 9.17) is 4.74 Å². The van der Waals surface area contributed by atoms with Crippen molar-refractivity contribution in [3.05, 3.63) is 48.0 Å². The Hall–Kier alpha value is -3.77. The summed E-state index contributed by atoms with van der Waals surface area (Å²) in [4.78, 5) is 48.2. The molecule has 3 amide bonds. The Bertz CT molecular complexity index is 1240. The molecule has 2 aromatic rings. The van der Waals surface area contributed by atoms with Crippen molar-refractivity contribution in [1.82, 2.24) is 4.31 Å². The molecule has 1 saturated heterocycles. The minimum absolute atomic E-state index is 0.0149. The molecule has 1 atom stereocenters. The molecule has 0 radical (unpaired) electrons. The summed E-state index contributed by atoms with van der Waals surface area (Å²) >= 11 is 0.